The van der Waals surface area contributed by atoms with E-state index in [4.69, 9.17) is 5.32 Å². The van der Waals surface area contributed by atoms with Gasteiger partial charge in [0.1, 0.15) is 0 Å². The van der Waals surface area contributed by atoms with Crippen LogP contribution < -0.4 is 0 Å². The maximum Gasteiger partial charge on any atom is -0.0141 e. The first-order valence-corrected chi connectivity index (χ1v) is 9.66. The summed E-state index contributed by atoms with van der Waals surface area (Å²) in [5.74, 6) is 5.40. The first-order chi connectivity index (χ1) is 10.3. The van der Waals surface area contributed by atoms with E-state index in [0.29, 0.717) is 5.41 Å². The molecule has 0 radical (unpaired) electrons. The lowest BCUT2D eigenvalue weighted by Crippen LogP contribution is -2.56. The van der Waals surface area contributed by atoms with Gasteiger partial charge >= 0.3 is 0 Å². The van der Waals surface area contributed by atoms with Crippen molar-refractivity contribution in [2.75, 3.05) is 7.05 Å². The van der Waals surface area contributed by atoms with Gasteiger partial charge in [-0.3, -0.25) is 0 Å². The molecule has 0 N–H and O–H groups in total. The van der Waals surface area contributed by atoms with E-state index in [-0.39, 0.29) is 5.54 Å². The van der Waals surface area contributed by atoms with Gasteiger partial charge in [0.25, 0.3) is 0 Å². The maximum atomic E-state index is 4.92. The average molecular weight is 301 g/mol. The van der Waals surface area contributed by atoms with E-state index >= 15 is 0 Å². The summed E-state index contributed by atoms with van der Waals surface area (Å²) in [5.41, 5.74) is 2.64. The van der Waals surface area contributed by atoms with Crippen LogP contribution in [0.5, 0.6) is 0 Å². The Morgan fingerprint density at radius 1 is 1.14 bits per heavy atom. The summed E-state index contributed by atoms with van der Waals surface area (Å²) in [6.07, 6.45) is 11.2. The topological polar surface area (TPSA) is 14.1 Å². The molecule has 0 amide bonds. The quantitative estimate of drug-likeness (QED) is 0.542. The molecule has 0 saturated heterocycles. The van der Waals surface area contributed by atoms with Crippen LogP contribution in [0.2, 0.25) is 0 Å². The molecule has 1 heteroatoms. The Bertz CT molecular complexity index is 490. The lowest BCUT2D eigenvalue weighted by molar-refractivity contribution is -0.0527. The predicted molar refractivity (Wildman–Crippen MR) is 93.9 cm³/mol. The van der Waals surface area contributed by atoms with Crippen LogP contribution in [0.3, 0.4) is 0 Å². The van der Waals surface area contributed by atoms with Crippen LogP contribution in [-0.2, 0) is 0 Å². The van der Waals surface area contributed by atoms with Gasteiger partial charge in [0.05, 0.1) is 0 Å². The van der Waals surface area contributed by atoms with Crippen LogP contribution >= 0.6 is 0 Å². The van der Waals surface area contributed by atoms with Crippen LogP contribution in [0, 0.1) is 40.9 Å². The van der Waals surface area contributed by atoms with Gasteiger partial charge in [-0.25, -0.2) is 0 Å². The Balaban J connectivity index is 1.76. The van der Waals surface area contributed by atoms with Gasteiger partial charge in [-0.15, -0.1) is 5.54 Å². The number of hydrogen-bond acceptors (Lipinski definition) is 0. The monoisotopic (exact) mass is 300 g/mol. The molecule has 0 aromatic rings. The fourth-order valence-corrected chi connectivity index (χ4v) is 7.21. The Kier molecular flexibility index (Phi) is 3.36. The third-order valence-electron chi connectivity index (χ3n) is 8.10. The highest BCUT2D eigenvalue weighted by atomic mass is 15.0. The van der Waals surface area contributed by atoms with E-state index in [9.17, 15) is 0 Å². The van der Waals surface area contributed by atoms with E-state index in [1.807, 2.05) is 5.57 Å². The molecule has 1 nitrogen and oxygen atoms in total. The van der Waals surface area contributed by atoms with Crippen molar-refractivity contribution < 1.29 is 0 Å². The zero-order chi connectivity index (χ0) is 15.7. The molecular weight excluding hydrogens is 266 g/mol. The van der Waals surface area contributed by atoms with E-state index in [0.717, 1.165) is 35.5 Å². The Labute approximate surface area is 137 Å². The summed E-state index contributed by atoms with van der Waals surface area (Å²) >= 11 is 0. The minimum atomic E-state index is 0.265. The Hall–Kier alpha value is -0.300. The first kappa shape index (κ1) is 15.2. The average Bonchev–Trinajstić information content (AvgIpc) is 2.45. The molecule has 124 valence electrons. The third-order valence-corrected chi connectivity index (χ3v) is 8.10. The van der Waals surface area contributed by atoms with Crippen molar-refractivity contribution in [3.8, 4) is 0 Å². The minimum Gasteiger partial charge on any atom is -0.659 e. The van der Waals surface area contributed by atoms with Crippen molar-refractivity contribution in [1.82, 2.24) is 0 Å². The number of rotatable bonds is 1. The van der Waals surface area contributed by atoms with Crippen LogP contribution in [0.1, 0.15) is 66.2 Å². The van der Waals surface area contributed by atoms with Crippen molar-refractivity contribution in [3.63, 3.8) is 0 Å². The number of hydrogen-bond donors (Lipinski definition) is 0. The second-order valence-corrected chi connectivity index (χ2v) is 9.98. The highest BCUT2D eigenvalue weighted by Gasteiger charge is 2.55. The summed E-state index contributed by atoms with van der Waals surface area (Å²) in [4.78, 5) is 0. The molecule has 0 aromatic heterocycles. The van der Waals surface area contributed by atoms with Gasteiger partial charge in [0, 0.05) is 0 Å². The fraction of sp³-hybridized carbons (Fsp3) is 0.905. The molecule has 0 heterocycles. The van der Waals surface area contributed by atoms with E-state index in [1.54, 1.807) is 0 Å². The molecule has 0 aromatic carbocycles. The van der Waals surface area contributed by atoms with Gasteiger partial charge in [0.2, 0.25) is 0 Å². The van der Waals surface area contributed by atoms with E-state index < -0.39 is 0 Å². The SMILES string of the molecule is C[N-][C@@]1(C)CC[C@H]2[C@H]3[C@H]4C(=C[C@@H]2C)CC(C)(C)C[C@@H]4CC[C@H]31. The van der Waals surface area contributed by atoms with Crippen molar-refractivity contribution >= 4 is 0 Å². The predicted octanol–water partition coefficient (Wildman–Crippen LogP) is 5.81. The van der Waals surface area contributed by atoms with Crippen molar-refractivity contribution in [2.24, 2.45) is 40.9 Å². The molecule has 22 heavy (non-hydrogen) atoms. The Morgan fingerprint density at radius 3 is 2.64 bits per heavy atom. The van der Waals surface area contributed by atoms with E-state index in [2.05, 4.69) is 40.8 Å². The van der Waals surface area contributed by atoms with Crippen LogP contribution in [0.4, 0.5) is 0 Å². The van der Waals surface area contributed by atoms with Crippen molar-refractivity contribution in [3.05, 3.63) is 17.0 Å². The molecule has 4 aliphatic carbocycles. The number of nitrogens with zero attached hydrogens (tertiary/aromatic N) is 1. The molecule has 4 rings (SSSR count). The summed E-state index contributed by atoms with van der Waals surface area (Å²) in [5, 5.41) is 4.92. The standard InChI is InChI=1S/C21H34N/c1-13-10-15-12-20(2,3)11-14-6-7-17-19(18(14)15)16(13)8-9-21(17,4)22-5/h10,13-14,16-19H,6-9,11-12H2,1-5H3/q-1/t13-,14-,16+,17+,18+,19+,21-/m0/s1. The van der Waals surface area contributed by atoms with Crippen molar-refractivity contribution in [2.45, 2.75) is 71.8 Å². The Morgan fingerprint density at radius 2 is 1.91 bits per heavy atom. The van der Waals surface area contributed by atoms with Gasteiger partial charge in [-0.05, 0) is 54.3 Å². The molecule has 4 aliphatic rings. The summed E-state index contributed by atoms with van der Waals surface area (Å²) < 4.78 is 0. The smallest absolute Gasteiger partial charge is 0.0141 e. The third kappa shape index (κ3) is 2.07. The van der Waals surface area contributed by atoms with Crippen molar-refractivity contribution in [1.29, 1.82) is 0 Å². The van der Waals surface area contributed by atoms with Gasteiger partial charge in [-0.1, -0.05) is 64.5 Å². The molecule has 0 aliphatic heterocycles. The molecule has 0 spiro atoms. The minimum absolute atomic E-state index is 0.265. The summed E-state index contributed by atoms with van der Waals surface area (Å²) in [6.45, 7) is 9.96. The second-order valence-electron chi connectivity index (χ2n) is 9.98. The molecule has 0 bridgehead atoms. The van der Waals surface area contributed by atoms with Gasteiger partial charge < -0.3 is 5.32 Å². The highest BCUT2D eigenvalue weighted by Crippen LogP contribution is 2.64. The maximum absolute atomic E-state index is 4.92. The summed E-state index contributed by atoms with van der Waals surface area (Å²) in [7, 11) is 2.08. The summed E-state index contributed by atoms with van der Waals surface area (Å²) in [6, 6.07) is 0. The lowest BCUT2D eigenvalue weighted by Gasteiger charge is -2.66. The zero-order valence-corrected chi connectivity index (χ0v) is 15.2. The molecule has 7 atom stereocenters. The van der Waals surface area contributed by atoms with Crippen LogP contribution in [-0.4, -0.2) is 12.6 Å². The lowest BCUT2D eigenvalue weighted by atomic mass is 9.44. The largest absolute Gasteiger partial charge is 0.659 e. The highest BCUT2D eigenvalue weighted by molar-refractivity contribution is 5.27. The molecule has 0 unspecified atom stereocenters. The number of allylic oxidation sites excluding steroid dienone is 2. The molecule has 3 saturated carbocycles. The normalized spacial score (nSPS) is 52.7. The first-order valence-electron chi connectivity index (χ1n) is 9.66. The van der Waals surface area contributed by atoms with Crippen LogP contribution in [0.15, 0.2) is 11.6 Å². The molecule has 3 fully saturated rings. The zero-order valence-electron chi connectivity index (χ0n) is 15.2. The van der Waals surface area contributed by atoms with Crippen LogP contribution in [0.25, 0.3) is 5.32 Å². The fourth-order valence-electron chi connectivity index (χ4n) is 7.21. The van der Waals surface area contributed by atoms with Gasteiger partial charge in [0.15, 0.2) is 0 Å². The van der Waals surface area contributed by atoms with Gasteiger partial charge in [-0.2, -0.15) is 7.05 Å². The van der Waals surface area contributed by atoms with E-state index in [1.165, 1.54) is 38.5 Å². The molecular formula is C21H34N-. The second kappa shape index (κ2) is 4.85.